The van der Waals surface area contributed by atoms with Gasteiger partial charge < -0.3 is 11.9 Å². The SMILES string of the molecule is CC=C(C)N.N. The van der Waals surface area contributed by atoms with E-state index < -0.39 is 0 Å². The summed E-state index contributed by atoms with van der Waals surface area (Å²) in [7, 11) is 0. The van der Waals surface area contributed by atoms with Crippen LogP contribution in [0, 0.1) is 0 Å². The van der Waals surface area contributed by atoms with Crippen molar-refractivity contribution in [2.75, 3.05) is 0 Å². The first kappa shape index (κ1) is 9.09. The Bertz CT molecular complexity index is 43.5. The summed E-state index contributed by atoms with van der Waals surface area (Å²) >= 11 is 0. The third kappa shape index (κ3) is 9.72. The van der Waals surface area contributed by atoms with E-state index in [1.807, 2.05) is 19.9 Å². The first-order valence-corrected chi connectivity index (χ1v) is 1.65. The number of hydrogen-bond donors (Lipinski definition) is 2. The second-order valence-electron chi connectivity index (χ2n) is 1.03. The van der Waals surface area contributed by atoms with Crippen LogP contribution in [0.1, 0.15) is 13.8 Å². The molecule has 0 aromatic carbocycles. The summed E-state index contributed by atoms with van der Waals surface area (Å²) < 4.78 is 0. The van der Waals surface area contributed by atoms with E-state index in [-0.39, 0.29) is 6.15 Å². The zero-order valence-electron chi connectivity index (χ0n) is 4.36. The van der Waals surface area contributed by atoms with Crippen molar-refractivity contribution in [2.45, 2.75) is 13.8 Å². The fourth-order valence-electron chi connectivity index (χ4n) is 0. The molecule has 0 aliphatic heterocycles. The van der Waals surface area contributed by atoms with Gasteiger partial charge >= 0.3 is 0 Å². The van der Waals surface area contributed by atoms with Crippen LogP contribution >= 0.6 is 0 Å². The van der Waals surface area contributed by atoms with Gasteiger partial charge in [-0.15, -0.1) is 0 Å². The van der Waals surface area contributed by atoms with Crippen molar-refractivity contribution in [2.24, 2.45) is 5.73 Å². The molecule has 0 aliphatic carbocycles. The fraction of sp³-hybridized carbons (Fsp3) is 0.500. The molecule has 0 saturated heterocycles. The monoisotopic (exact) mass is 88.1 g/mol. The lowest BCUT2D eigenvalue weighted by molar-refractivity contribution is 1.29. The minimum Gasteiger partial charge on any atom is -0.403 e. The Morgan fingerprint density at radius 1 is 1.67 bits per heavy atom. The normalized spacial score (nSPS) is 10.0. The number of rotatable bonds is 0. The van der Waals surface area contributed by atoms with Gasteiger partial charge in [0.05, 0.1) is 0 Å². The Labute approximate surface area is 38.6 Å². The summed E-state index contributed by atoms with van der Waals surface area (Å²) in [6, 6.07) is 0. The Morgan fingerprint density at radius 3 is 1.83 bits per heavy atom. The lowest BCUT2D eigenvalue weighted by Crippen LogP contribution is -1.86. The summed E-state index contributed by atoms with van der Waals surface area (Å²) in [6.45, 7) is 3.77. The molecule has 5 N–H and O–H groups in total. The topological polar surface area (TPSA) is 61.0 Å². The maximum atomic E-state index is 5.15. The van der Waals surface area contributed by atoms with Crippen LogP contribution in [-0.2, 0) is 0 Å². The number of nitrogens with two attached hydrogens (primary N) is 1. The van der Waals surface area contributed by atoms with Crippen molar-refractivity contribution < 1.29 is 0 Å². The summed E-state index contributed by atoms with van der Waals surface area (Å²) in [5, 5.41) is 0. The first-order chi connectivity index (χ1) is 2.27. The van der Waals surface area contributed by atoms with Gasteiger partial charge in [0.2, 0.25) is 0 Å². The van der Waals surface area contributed by atoms with Crippen LogP contribution in [0.25, 0.3) is 0 Å². The van der Waals surface area contributed by atoms with Crippen molar-refractivity contribution in [3.05, 3.63) is 11.8 Å². The lowest BCUT2D eigenvalue weighted by atomic mass is 10.5. The molecule has 2 heteroatoms. The van der Waals surface area contributed by atoms with E-state index in [1.54, 1.807) is 0 Å². The molecule has 0 aliphatic rings. The van der Waals surface area contributed by atoms with Gasteiger partial charge in [-0.1, -0.05) is 6.08 Å². The molecule has 0 spiro atoms. The van der Waals surface area contributed by atoms with Crippen LogP contribution < -0.4 is 11.9 Å². The summed E-state index contributed by atoms with van der Waals surface area (Å²) in [5.74, 6) is 0. The smallest absolute Gasteiger partial charge is 0.000552 e. The molecular weight excluding hydrogens is 76.1 g/mol. The Hall–Kier alpha value is -0.500. The second-order valence-corrected chi connectivity index (χ2v) is 1.03. The van der Waals surface area contributed by atoms with Gasteiger partial charge in [0.1, 0.15) is 0 Å². The van der Waals surface area contributed by atoms with Gasteiger partial charge in [-0.25, -0.2) is 0 Å². The molecule has 0 aromatic heterocycles. The third-order valence-electron chi connectivity index (χ3n) is 0.455. The average Bonchev–Trinajstić information content (AvgIpc) is 1.38. The zero-order chi connectivity index (χ0) is 4.28. The average molecular weight is 88.2 g/mol. The van der Waals surface area contributed by atoms with Crippen LogP contribution in [0.15, 0.2) is 11.8 Å². The highest BCUT2D eigenvalue weighted by Crippen LogP contribution is 1.71. The van der Waals surface area contributed by atoms with Crippen LogP contribution in [0.5, 0.6) is 0 Å². The number of allylic oxidation sites excluding steroid dienone is 2. The van der Waals surface area contributed by atoms with Crippen molar-refractivity contribution in [1.29, 1.82) is 0 Å². The maximum Gasteiger partial charge on any atom is 0.000552 e. The van der Waals surface area contributed by atoms with Crippen LogP contribution in [0.4, 0.5) is 0 Å². The minimum atomic E-state index is 0. The van der Waals surface area contributed by atoms with E-state index in [1.165, 1.54) is 0 Å². The highest BCUT2D eigenvalue weighted by molar-refractivity contribution is 4.86. The van der Waals surface area contributed by atoms with Crippen molar-refractivity contribution in [1.82, 2.24) is 6.15 Å². The largest absolute Gasteiger partial charge is 0.403 e. The molecule has 0 aromatic rings. The number of hydrogen-bond acceptors (Lipinski definition) is 2. The van der Waals surface area contributed by atoms with E-state index in [9.17, 15) is 0 Å². The first-order valence-electron chi connectivity index (χ1n) is 1.65. The highest BCUT2D eigenvalue weighted by Gasteiger charge is 1.60. The van der Waals surface area contributed by atoms with Crippen molar-refractivity contribution >= 4 is 0 Å². The van der Waals surface area contributed by atoms with E-state index in [0.29, 0.717) is 0 Å². The molecule has 0 rings (SSSR count). The maximum absolute atomic E-state index is 5.15. The molecule has 0 atom stereocenters. The minimum absolute atomic E-state index is 0. The standard InChI is InChI=1S/C4H9N.H3N/c1-3-4(2)5;/h3H,5H2,1-2H3;1H3. The van der Waals surface area contributed by atoms with Crippen molar-refractivity contribution in [3.63, 3.8) is 0 Å². The van der Waals surface area contributed by atoms with E-state index in [0.717, 1.165) is 5.70 Å². The third-order valence-corrected chi connectivity index (χ3v) is 0.455. The van der Waals surface area contributed by atoms with Gasteiger partial charge in [-0.2, -0.15) is 0 Å². The molecule has 0 amide bonds. The molecule has 0 fully saturated rings. The quantitative estimate of drug-likeness (QED) is 0.464. The molecule has 0 radical (unpaired) electrons. The van der Waals surface area contributed by atoms with Crippen LogP contribution in [0.2, 0.25) is 0 Å². The van der Waals surface area contributed by atoms with Gasteiger partial charge in [-0.05, 0) is 13.8 Å². The second kappa shape index (κ2) is 4.50. The molecular formula is C4H12N2. The van der Waals surface area contributed by atoms with Crippen molar-refractivity contribution in [3.8, 4) is 0 Å². The molecule has 2 nitrogen and oxygen atoms in total. The fourth-order valence-corrected chi connectivity index (χ4v) is 0. The van der Waals surface area contributed by atoms with E-state index in [4.69, 9.17) is 5.73 Å². The molecule has 6 heavy (non-hydrogen) atoms. The van der Waals surface area contributed by atoms with Gasteiger partial charge in [0, 0.05) is 5.70 Å². The van der Waals surface area contributed by atoms with Gasteiger partial charge in [0.25, 0.3) is 0 Å². The van der Waals surface area contributed by atoms with E-state index in [2.05, 4.69) is 0 Å². The predicted octanol–water partition coefficient (Wildman–Crippen LogP) is 1.03. The molecule has 0 unspecified atom stereocenters. The van der Waals surface area contributed by atoms with Crippen LogP contribution in [0.3, 0.4) is 0 Å². The van der Waals surface area contributed by atoms with Gasteiger partial charge in [0.15, 0.2) is 0 Å². The summed E-state index contributed by atoms with van der Waals surface area (Å²) in [4.78, 5) is 0. The summed E-state index contributed by atoms with van der Waals surface area (Å²) in [5.41, 5.74) is 6.03. The highest BCUT2D eigenvalue weighted by atomic mass is 14.5. The van der Waals surface area contributed by atoms with Crippen LogP contribution in [-0.4, -0.2) is 0 Å². The molecule has 38 valence electrons. The molecule has 0 bridgehead atoms. The zero-order valence-corrected chi connectivity index (χ0v) is 4.36. The lowest BCUT2D eigenvalue weighted by Gasteiger charge is -1.76. The predicted molar refractivity (Wildman–Crippen MR) is 28.6 cm³/mol. The van der Waals surface area contributed by atoms with E-state index >= 15 is 0 Å². The Morgan fingerprint density at radius 2 is 1.83 bits per heavy atom. The summed E-state index contributed by atoms with van der Waals surface area (Å²) in [6.07, 6.45) is 1.86. The van der Waals surface area contributed by atoms with Gasteiger partial charge in [-0.3, -0.25) is 0 Å². The molecule has 0 heterocycles. The molecule has 0 saturated carbocycles. The Kier molecular flexibility index (Phi) is 6.82. The Balaban J connectivity index is 0.